The Hall–Kier alpha value is -3.34. The van der Waals surface area contributed by atoms with E-state index in [1.807, 2.05) is 0 Å². The molecule has 3 rings (SSSR count). The highest BCUT2D eigenvalue weighted by atomic mass is 32.1. The third kappa shape index (κ3) is 3.56. The zero-order valence-corrected chi connectivity index (χ0v) is 16.4. The summed E-state index contributed by atoms with van der Waals surface area (Å²) in [5, 5.41) is 2.92. The topological polar surface area (TPSA) is 138 Å². The number of hydrogen-bond acceptors (Lipinski definition) is 9. The molecular weight excluding hydrogens is 384 g/mol. The van der Waals surface area contributed by atoms with Gasteiger partial charge in [-0.3, -0.25) is 10.1 Å². The maximum atomic E-state index is 12.7. The number of aromatic nitrogens is 2. The molecule has 2 heterocycles. The number of benzene rings is 1. The minimum absolute atomic E-state index is 0.102. The van der Waals surface area contributed by atoms with E-state index >= 15 is 0 Å². The first kappa shape index (κ1) is 19.4. The molecule has 0 fully saturated rings. The molecule has 1 aliphatic rings. The summed E-state index contributed by atoms with van der Waals surface area (Å²) in [7, 11) is 4.44. The van der Waals surface area contributed by atoms with E-state index in [1.165, 1.54) is 21.3 Å². The first-order valence-electron chi connectivity index (χ1n) is 8.19. The molecular formula is C17H20N6O4S. The summed E-state index contributed by atoms with van der Waals surface area (Å²) < 4.78 is 15.8. The highest BCUT2D eigenvalue weighted by Gasteiger charge is 2.27. The van der Waals surface area contributed by atoms with Crippen molar-refractivity contribution < 1.29 is 19.0 Å². The molecule has 1 aliphatic heterocycles. The predicted molar refractivity (Wildman–Crippen MR) is 106 cm³/mol. The molecule has 1 amide bonds. The van der Waals surface area contributed by atoms with Gasteiger partial charge in [-0.25, -0.2) is 4.98 Å². The molecule has 28 heavy (non-hydrogen) atoms. The Bertz CT molecular complexity index is 926. The van der Waals surface area contributed by atoms with Crippen LogP contribution in [-0.2, 0) is 13.1 Å². The predicted octanol–water partition coefficient (Wildman–Crippen LogP) is 0.697. The lowest BCUT2D eigenvalue weighted by Crippen LogP contribution is -2.40. The van der Waals surface area contributed by atoms with Crippen molar-refractivity contribution in [2.45, 2.75) is 13.1 Å². The van der Waals surface area contributed by atoms with Crippen LogP contribution in [0.15, 0.2) is 12.1 Å². The number of carbonyl (C=O) groups excluding carboxylic acids is 1. The van der Waals surface area contributed by atoms with Gasteiger partial charge >= 0.3 is 0 Å². The second kappa shape index (κ2) is 7.72. The number of nitrogens with two attached hydrogens (primary N) is 2. The fourth-order valence-electron chi connectivity index (χ4n) is 2.90. The Morgan fingerprint density at radius 1 is 1.11 bits per heavy atom. The summed E-state index contributed by atoms with van der Waals surface area (Å²) >= 11 is 5.37. The van der Waals surface area contributed by atoms with Gasteiger partial charge in [0, 0.05) is 11.1 Å². The van der Waals surface area contributed by atoms with Crippen LogP contribution in [0.3, 0.4) is 0 Å². The van der Waals surface area contributed by atoms with Crippen molar-refractivity contribution in [2.75, 3.05) is 32.8 Å². The lowest BCUT2D eigenvalue weighted by molar-refractivity contribution is 0.0972. The van der Waals surface area contributed by atoms with Crippen molar-refractivity contribution in [3.05, 3.63) is 29.0 Å². The molecule has 0 saturated heterocycles. The summed E-state index contributed by atoms with van der Waals surface area (Å²) in [5.74, 6) is 1.12. The standard InChI is InChI=1S/C17H20N6O4S/c1-25-11-4-8(5-12(26-2)13(11)27-3)15(24)22-17(28)23-6-9-10(7-23)20-16(19)21-14(9)18/h4-5H,6-7H2,1-3H3,(H,22,24,28)(H4,18,19,20,21). The van der Waals surface area contributed by atoms with Crippen LogP contribution in [0, 0.1) is 0 Å². The summed E-state index contributed by atoms with van der Waals surface area (Å²) in [6.07, 6.45) is 0. The molecule has 0 saturated carbocycles. The molecule has 11 heteroatoms. The van der Waals surface area contributed by atoms with E-state index in [0.29, 0.717) is 47.4 Å². The van der Waals surface area contributed by atoms with Crippen LogP contribution >= 0.6 is 12.2 Å². The average molecular weight is 404 g/mol. The Balaban J connectivity index is 1.77. The molecule has 0 aliphatic carbocycles. The van der Waals surface area contributed by atoms with Crippen LogP contribution in [0.1, 0.15) is 21.6 Å². The maximum Gasteiger partial charge on any atom is 0.257 e. The van der Waals surface area contributed by atoms with E-state index in [-0.39, 0.29) is 11.1 Å². The van der Waals surface area contributed by atoms with E-state index in [9.17, 15) is 4.79 Å². The smallest absolute Gasteiger partial charge is 0.257 e. The van der Waals surface area contributed by atoms with Gasteiger partial charge in [-0.05, 0) is 24.4 Å². The third-order valence-electron chi connectivity index (χ3n) is 4.27. The molecule has 10 nitrogen and oxygen atoms in total. The quantitative estimate of drug-likeness (QED) is 0.624. The highest BCUT2D eigenvalue weighted by Crippen LogP contribution is 2.38. The van der Waals surface area contributed by atoms with Gasteiger partial charge in [0.15, 0.2) is 16.6 Å². The van der Waals surface area contributed by atoms with Gasteiger partial charge in [-0.15, -0.1) is 0 Å². The van der Waals surface area contributed by atoms with Crippen LogP contribution < -0.4 is 31.0 Å². The van der Waals surface area contributed by atoms with Gasteiger partial charge < -0.3 is 30.6 Å². The second-order valence-electron chi connectivity index (χ2n) is 5.92. The molecule has 0 spiro atoms. The second-order valence-corrected chi connectivity index (χ2v) is 6.31. The zero-order valence-electron chi connectivity index (χ0n) is 15.6. The van der Waals surface area contributed by atoms with E-state index in [4.69, 9.17) is 37.9 Å². The minimum atomic E-state index is -0.418. The molecule has 0 radical (unpaired) electrons. The zero-order chi connectivity index (χ0) is 20.4. The van der Waals surface area contributed by atoms with Crippen LogP contribution in [0.4, 0.5) is 11.8 Å². The molecule has 1 aromatic heterocycles. The SMILES string of the molecule is COc1cc(C(=O)NC(=S)N2Cc3nc(N)nc(N)c3C2)cc(OC)c1OC. The van der Waals surface area contributed by atoms with E-state index in [2.05, 4.69) is 15.3 Å². The number of amides is 1. The lowest BCUT2D eigenvalue weighted by atomic mass is 10.1. The summed E-state index contributed by atoms with van der Waals surface area (Å²) in [6.45, 7) is 0.760. The molecule has 2 aromatic rings. The number of rotatable bonds is 4. The van der Waals surface area contributed by atoms with Crippen LogP contribution in [0.5, 0.6) is 17.2 Å². The number of nitrogens with zero attached hydrogens (tertiary/aromatic N) is 3. The first-order valence-corrected chi connectivity index (χ1v) is 8.59. The molecule has 0 atom stereocenters. The van der Waals surface area contributed by atoms with E-state index in [1.54, 1.807) is 17.0 Å². The van der Waals surface area contributed by atoms with E-state index in [0.717, 1.165) is 5.56 Å². The van der Waals surface area contributed by atoms with Gasteiger partial charge in [-0.2, -0.15) is 4.98 Å². The number of thiocarbonyl (C=S) groups is 1. The Morgan fingerprint density at radius 2 is 1.75 bits per heavy atom. The van der Waals surface area contributed by atoms with Gasteiger partial charge in [0.25, 0.3) is 5.91 Å². The van der Waals surface area contributed by atoms with Crippen molar-refractivity contribution in [3.63, 3.8) is 0 Å². The number of methoxy groups -OCH3 is 3. The number of carbonyl (C=O) groups is 1. The first-order chi connectivity index (χ1) is 13.4. The summed E-state index contributed by atoms with van der Waals surface area (Å²) in [4.78, 5) is 22.6. The number of hydrogen-bond donors (Lipinski definition) is 3. The molecule has 148 valence electrons. The Morgan fingerprint density at radius 3 is 2.32 bits per heavy atom. The lowest BCUT2D eigenvalue weighted by Gasteiger charge is -2.19. The third-order valence-corrected chi connectivity index (χ3v) is 4.63. The summed E-state index contributed by atoms with van der Waals surface area (Å²) in [6, 6.07) is 3.09. The average Bonchev–Trinajstić information content (AvgIpc) is 3.11. The minimum Gasteiger partial charge on any atom is -0.493 e. The summed E-state index contributed by atoms with van der Waals surface area (Å²) in [5.41, 5.74) is 13.3. The number of ether oxygens (including phenoxy) is 3. The molecule has 1 aromatic carbocycles. The van der Waals surface area contributed by atoms with E-state index < -0.39 is 5.91 Å². The van der Waals surface area contributed by atoms with Gasteiger partial charge in [0.1, 0.15) is 5.82 Å². The van der Waals surface area contributed by atoms with Crippen molar-refractivity contribution in [1.29, 1.82) is 0 Å². The fraction of sp³-hybridized carbons (Fsp3) is 0.294. The number of fused-ring (bicyclic) bond motifs is 1. The van der Waals surface area contributed by atoms with Gasteiger partial charge in [-0.1, -0.05) is 0 Å². The number of nitrogens with one attached hydrogen (secondary N) is 1. The Labute approximate surface area is 166 Å². The van der Waals surface area contributed by atoms with Crippen molar-refractivity contribution in [2.24, 2.45) is 0 Å². The van der Waals surface area contributed by atoms with Crippen LogP contribution in [0.2, 0.25) is 0 Å². The molecule has 0 bridgehead atoms. The molecule has 0 unspecified atom stereocenters. The monoisotopic (exact) mass is 404 g/mol. The highest BCUT2D eigenvalue weighted by molar-refractivity contribution is 7.80. The fourth-order valence-corrected chi connectivity index (χ4v) is 3.13. The van der Waals surface area contributed by atoms with Crippen LogP contribution in [0.25, 0.3) is 0 Å². The van der Waals surface area contributed by atoms with Crippen LogP contribution in [-0.4, -0.2) is 47.2 Å². The van der Waals surface area contributed by atoms with Crippen molar-refractivity contribution in [1.82, 2.24) is 20.2 Å². The Kier molecular flexibility index (Phi) is 5.36. The van der Waals surface area contributed by atoms with Crippen molar-refractivity contribution >= 4 is 35.0 Å². The van der Waals surface area contributed by atoms with Gasteiger partial charge in [0.05, 0.1) is 40.1 Å². The molecule has 5 N–H and O–H groups in total. The number of anilines is 2. The largest absolute Gasteiger partial charge is 0.493 e. The normalized spacial score (nSPS) is 12.3. The van der Waals surface area contributed by atoms with Crippen molar-refractivity contribution in [3.8, 4) is 17.2 Å². The van der Waals surface area contributed by atoms with Gasteiger partial charge in [0.2, 0.25) is 11.7 Å². The maximum absolute atomic E-state index is 12.7. The number of nitrogen functional groups attached to an aromatic ring is 2.